The van der Waals surface area contributed by atoms with Crippen LogP contribution in [0.25, 0.3) is 0 Å². The van der Waals surface area contributed by atoms with Crippen molar-refractivity contribution in [1.29, 1.82) is 0 Å². The number of hydrogen-bond donors (Lipinski definition) is 2. The summed E-state index contributed by atoms with van der Waals surface area (Å²) < 4.78 is 27.1. The molecule has 6 heteroatoms. The van der Waals surface area contributed by atoms with Crippen LogP contribution >= 0.6 is 0 Å². The highest BCUT2D eigenvalue weighted by atomic mass is 32.2. The van der Waals surface area contributed by atoms with Crippen LogP contribution in [0.4, 0.5) is 0 Å². The average molecular weight is 389 g/mol. The first-order chi connectivity index (χ1) is 12.8. The van der Waals surface area contributed by atoms with Crippen LogP contribution in [0, 0.1) is 0 Å². The molecule has 2 rings (SSSR count). The van der Waals surface area contributed by atoms with Gasteiger partial charge < -0.3 is 5.32 Å². The predicted molar refractivity (Wildman–Crippen MR) is 108 cm³/mol. The maximum absolute atomic E-state index is 12.3. The van der Waals surface area contributed by atoms with Crippen molar-refractivity contribution >= 4 is 15.9 Å². The molecule has 0 radical (unpaired) electrons. The molecule has 0 fully saturated rings. The molecular formula is C21H28N2O3S. The lowest BCUT2D eigenvalue weighted by molar-refractivity contribution is 0.0952. The van der Waals surface area contributed by atoms with E-state index in [2.05, 4.69) is 29.1 Å². The number of nitrogens with one attached hydrogen (secondary N) is 2. The highest BCUT2D eigenvalue weighted by Crippen LogP contribution is 2.17. The molecule has 0 spiro atoms. The Morgan fingerprint density at radius 1 is 1.00 bits per heavy atom. The second-order valence-electron chi connectivity index (χ2n) is 6.81. The quantitative estimate of drug-likeness (QED) is 0.688. The van der Waals surface area contributed by atoms with Gasteiger partial charge in [0.2, 0.25) is 10.0 Å². The molecule has 0 aliphatic rings. The van der Waals surface area contributed by atoms with E-state index in [4.69, 9.17) is 0 Å². The van der Waals surface area contributed by atoms with Gasteiger partial charge in [0, 0.05) is 18.2 Å². The largest absolute Gasteiger partial charge is 0.352 e. The zero-order valence-electron chi connectivity index (χ0n) is 16.1. The van der Waals surface area contributed by atoms with Gasteiger partial charge >= 0.3 is 0 Å². The fourth-order valence-electron chi connectivity index (χ4n) is 2.65. The van der Waals surface area contributed by atoms with E-state index in [1.807, 2.05) is 32.0 Å². The molecule has 2 unspecified atom stereocenters. The molecule has 0 bridgehead atoms. The van der Waals surface area contributed by atoms with Gasteiger partial charge in [-0.2, -0.15) is 0 Å². The molecule has 0 aliphatic heterocycles. The third-order valence-corrected chi connectivity index (χ3v) is 6.23. The lowest BCUT2D eigenvalue weighted by atomic mass is 9.98. The van der Waals surface area contributed by atoms with Gasteiger partial charge in [0.15, 0.2) is 0 Å². The molecule has 5 nitrogen and oxygen atoms in total. The fourth-order valence-corrected chi connectivity index (χ4v) is 3.98. The lowest BCUT2D eigenvalue weighted by Gasteiger charge is -2.13. The summed E-state index contributed by atoms with van der Waals surface area (Å²) >= 11 is 0. The van der Waals surface area contributed by atoms with E-state index in [-0.39, 0.29) is 16.8 Å². The van der Waals surface area contributed by atoms with Gasteiger partial charge in [-0.3, -0.25) is 4.79 Å². The molecule has 2 N–H and O–H groups in total. The van der Waals surface area contributed by atoms with Crippen molar-refractivity contribution < 1.29 is 13.2 Å². The van der Waals surface area contributed by atoms with E-state index in [0.29, 0.717) is 24.4 Å². The molecule has 0 saturated carbocycles. The molecule has 1 amide bonds. The topological polar surface area (TPSA) is 75.3 Å². The molecule has 2 aromatic rings. The summed E-state index contributed by atoms with van der Waals surface area (Å²) in [7, 11) is -3.55. The maximum Gasteiger partial charge on any atom is 0.251 e. The van der Waals surface area contributed by atoms with Crippen LogP contribution in [-0.4, -0.2) is 26.9 Å². The molecule has 146 valence electrons. The van der Waals surface area contributed by atoms with E-state index in [1.54, 1.807) is 12.1 Å². The summed E-state index contributed by atoms with van der Waals surface area (Å²) in [4.78, 5) is 12.4. The Kier molecular flexibility index (Phi) is 7.56. The van der Waals surface area contributed by atoms with Crippen LogP contribution in [0.1, 0.15) is 55.5 Å². The minimum Gasteiger partial charge on any atom is -0.352 e. The van der Waals surface area contributed by atoms with Crippen molar-refractivity contribution in [1.82, 2.24) is 10.0 Å². The normalized spacial score (nSPS) is 13.7. The number of rotatable bonds is 9. The summed E-state index contributed by atoms with van der Waals surface area (Å²) in [5.74, 6) is 0.153. The van der Waals surface area contributed by atoms with Crippen LogP contribution in [0.15, 0.2) is 59.5 Å². The SMILES string of the molecule is CCC(C)NS(=O)(=O)c1ccc(C(=O)NCCC(C)c2ccccc2)cc1. The maximum atomic E-state index is 12.3. The van der Waals surface area contributed by atoms with Crippen molar-refractivity contribution in [3.8, 4) is 0 Å². The number of sulfonamides is 1. The Morgan fingerprint density at radius 2 is 1.63 bits per heavy atom. The summed E-state index contributed by atoms with van der Waals surface area (Å²) in [6.45, 7) is 6.42. The Morgan fingerprint density at radius 3 is 2.22 bits per heavy atom. The van der Waals surface area contributed by atoms with Gasteiger partial charge in [-0.1, -0.05) is 44.2 Å². The molecule has 0 aliphatic carbocycles. The van der Waals surface area contributed by atoms with Crippen molar-refractivity contribution in [2.24, 2.45) is 0 Å². The minimum atomic E-state index is -3.55. The highest BCUT2D eigenvalue weighted by Gasteiger charge is 2.17. The predicted octanol–water partition coefficient (Wildman–Crippen LogP) is 3.69. The molecular weight excluding hydrogens is 360 g/mol. The van der Waals surface area contributed by atoms with E-state index in [0.717, 1.165) is 6.42 Å². The summed E-state index contributed by atoms with van der Waals surface area (Å²) in [6.07, 6.45) is 1.54. The molecule has 0 saturated heterocycles. The smallest absolute Gasteiger partial charge is 0.251 e. The molecule has 0 aromatic heterocycles. The third kappa shape index (κ3) is 6.19. The van der Waals surface area contributed by atoms with E-state index in [1.165, 1.54) is 17.7 Å². The Bertz CT molecular complexity index is 833. The minimum absolute atomic E-state index is 0.135. The molecule has 2 aromatic carbocycles. The highest BCUT2D eigenvalue weighted by molar-refractivity contribution is 7.89. The first-order valence-electron chi connectivity index (χ1n) is 9.29. The Hall–Kier alpha value is -2.18. The second kappa shape index (κ2) is 9.67. The van der Waals surface area contributed by atoms with E-state index in [9.17, 15) is 13.2 Å². The number of carbonyl (C=O) groups is 1. The monoisotopic (exact) mass is 388 g/mol. The molecule has 27 heavy (non-hydrogen) atoms. The van der Waals surface area contributed by atoms with Crippen molar-refractivity contribution in [3.05, 3.63) is 65.7 Å². The van der Waals surface area contributed by atoms with Crippen LogP contribution < -0.4 is 10.0 Å². The first kappa shape index (κ1) is 21.1. The van der Waals surface area contributed by atoms with Crippen molar-refractivity contribution in [3.63, 3.8) is 0 Å². The van der Waals surface area contributed by atoms with Gasteiger partial charge in [-0.05, 0) is 55.5 Å². The number of benzene rings is 2. The van der Waals surface area contributed by atoms with E-state index < -0.39 is 10.0 Å². The van der Waals surface area contributed by atoms with Crippen molar-refractivity contribution in [2.45, 2.75) is 50.5 Å². The van der Waals surface area contributed by atoms with Gasteiger partial charge in [0.1, 0.15) is 0 Å². The van der Waals surface area contributed by atoms with Gasteiger partial charge in [-0.15, -0.1) is 0 Å². The standard InChI is InChI=1S/C21H28N2O3S/c1-4-17(3)23-27(25,26)20-12-10-19(11-13-20)21(24)22-15-14-16(2)18-8-6-5-7-9-18/h5-13,16-17,23H,4,14-15H2,1-3H3,(H,22,24). The zero-order chi connectivity index (χ0) is 19.9. The Balaban J connectivity index is 1.90. The summed E-state index contributed by atoms with van der Waals surface area (Å²) in [5.41, 5.74) is 1.69. The zero-order valence-corrected chi connectivity index (χ0v) is 16.9. The number of hydrogen-bond acceptors (Lipinski definition) is 3. The average Bonchev–Trinajstić information content (AvgIpc) is 2.68. The first-order valence-corrected chi connectivity index (χ1v) is 10.8. The fraction of sp³-hybridized carbons (Fsp3) is 0.381. The van der Waals surface area contributed by atoms with E-state index >= 15 is 0 Å². The van der Waals surface area contributed by atoms with Gasteiger partial charge in [0.25, 0.3) is 5.91 Å². The summed E-state index contributed by atoms with van der Waals surface area (Å²) in [6, 6.07) is 16.1. The number of amides is 1. The van der Waals surface area contributed by atoms with Gasteiger partial charge in [0.05, 0.1) is 4.90 Å². The second-order valence-corrected chi connectivity index (χ2v) is 8.53. The van der Waals surface area contributed by atoms with Crippen LogP contribution in [0.3, 0.4) is 0 Å². The number of carbonyl (C=O) groups excluding carboxylic acids is 1. The lowest BCUT2D eigenvalue weighted by Crippen LogP contribution is -2.32. The van der Waals surface area contributed by atoms with Crippen LogP contribution in [-0.2, 0) is 10.0 Å². The van der Waals surface area contributed by atoms with Crippen molar-refractivity contribution in [2.75, 3.05) is 6.54 Å². The summed E-state index contributed by atoms with van der Waals surface area (Å²) in [5, 5.41) is 2.90. The van der Waals surface area contributed by atoms with Crippen LogP contribution in [0.2, 0.25) is 0 Å². The molecule has 2 atom stereocenters. The van der Waals surface area contributed by atoms with Gasteiger partial charge in [-0.25, -0.2) is 13.1 Å². The Labute approximate surface area is 162 Å². The third-order valence-electron chi connectivity index (χ3n) is 4.63. The molecule has 0 heterocycles. The van der Waals surface area contributed by atoms with Crippen LogP contribution in [0.5, 0.6) is 0 Å².